The number of carbonyl (C=O) groups is 1. The highest BCUT2D eigenvalue weighted by atomic mass is 32.2. The number of carbonyl (C=O) groups excluding carboxylic acids is 1. The van der Waals surface area contributed by atoms with E-state index in [0.717, 1.165) is 38.4 Å². The lowest BCUT2D eigenvalue weighted by atomic mass is 10.00. The third-order valence-electron chi connectivity index (χ3n) is 4.74. The van der Waals surface area contributed by atoms with E-state index in [4.69, 9.17) is 0 Å². The third-order valence-corrected chi connectivity index (χ3v) is 5.89. The molecule has 0 saturated heterocycles. The lowest BCUT2D eigenvalue weighted by Gasteiger charge is -2.24. The van der Waals surface area contributed by atoms with Gasteiger partial charge in [0.2, 0.25) is 15.9 Å². The first-order chi connectivity index (χ1) is 12.5. The molecule has 0 radical (unpaired) electrons. The molecule has 0 spiro atoms. The summed E-state index contributed by atoms with van der Waals surface area (Å²) in [5.74, 6) is -0.341. The van der Waals surface area contributed by atoms with E-state index < -0.39 is 10.0 Å². The fraction of sp³-hybridized carbons (Fsp3) is 0.381. The molecule has 0 unspecified atom stereocenters. The van der Waals surface area contributed by atoms with Gasteiger partial charge in [-0.15, -0.1) is 0 Å². The highest BCUT2D eigenvalue weighted by Gasteiger charge is 2.22. The topological polar surface area (TPSA) is 66.5 Å². The molecule has 27 heavy (non-hydrogen) atoms. The Morgan fingerprint density at radius 3 is 2.22 bits per heavy atom. The van der Waals surface area contributed by atoms with E-state index in [1.807, 2.05) is 58.9 Å². The summed E-state index contributed by atoms with van der Waals surface area (Å²) in [7, 11) is -3.59. The van der Waals surface area contributed by atoms with E-state index in [0.29, 0.717) is 5.69 Å². The largest absolute Gasteiger partial charge is 0.348 e. The molecule has 0 aliphatic carbocycles. The standard InChI is InChI=1S/C21H28N2O3S/c1-14-7-8-16(3)20(11-14)18(5)22-21(24)13-23(27(6,25)26)19-10-9-15(2)17(4)12-19/h7-12,18H,13H2,1-6H3,(H,22,24)/t18-/m0/s1. The van der Waals surface area contributed by atoms with Crippen molar-refractivity contribution in [2.75, 3.05) is 17.1 Å². The highest BCUT2D eigenvalue weighted by Crippen LogP contribution is 2.22. The SMILES string of the molecule is Cc1ccc(C)c([C@H](C)NC(=O)CN(c2ccc(C)c(C)c2)S(C)(=O)=O)c1. The number of rotatable bonds is 6. The van der Waals surface area contributed by atoms with Crippen molar-refractivity contribution in [1.82, 2.24) is 5.32 Å². The van der Waals surface area contributed by atoms with Crippen LogP contribution in [0.2, 0.25) is 0 Å². The molecule has 1 N–H and O–H groups in total. The molecule has 146 valence electrons. The first-order valence-electron chi connectivity index (χ1n) is 8.90. The van der Waals surface area contributed by atoms with Gasteiger partial charge in [-0.25, -0.2) is 8.42 Å². The second-order valence-electron chi connectivity index (χ2n) is 7.19. The van der Waals surface area contributed by atoms with Gasteiger partial charge in [0.05, 0.1) is 18.0 Å². The number of hydrogen-bond acceptors (Lipinski definition) is 3. The van der Waals surface area contributed by atoms with Gasteiger partial charge >= 0.3 is 0 Å². The van der Waals surface area contributed by atoms with Crippen molar-refractivity contribution in [3.8, 4) is 0 Å². The van der Waals surface area contributed by atoms with Crippen LogP contribution in [0.25, 0.3) is 0 Å². The van der Waals surface area contributed by atoms with Gasteiger partial charge in [-0.05, 0) is 69.0 Å². The maximum atomic E-state index is 12.6. The Kier molecular flexibility index (Phi) is 6.31. The summed E-state index contributed by atoms with van der Waals surface area (Å²) < 4.78 is 25.7. The van der Waals surface area contributed by atoms with E-state index in [9.17, 15) is 13.2 Å². The molecule has 0 aliphatic rings. The van der Waals surface area contributed by atoms with E-state index >= 15 is 0 Å². The highest BCUT2D eigenvalue weighted by molar-refractivity contribution is 7.92. The Balaban J connectivity index is 2.21. The van der Waals surface area contributed by atoms with Crippen molar-refractivity contribution in [2.45, 2.75) is 40.7 Å². The lowest BCUT2D eigenvalue weighted by molar-refractivity contribution is -0.120. The number of hydrogen-bond donors (Lipinski definition) is 1. The zero-order chi connectivity index (χ0) is 20.4. The number of amides is 1. The Hall–Kier alpha value is -2.34. The van der Waals surface area contributed by atoms with Crippen LogP contribution in [0.15, 0.2) is 36.4 Å². The quantitative estimate of drug-likeness (QED) is 0.823. The van der Waals surface area contributed by atoms with Crippen molar-refractivity contribution >= 4 is 21.6 Å². The van der Waals surface area contributed by atoms with E-state index in [2.05, 4.69) is 5.32 Å². The zero-order valence-electron chi connectivity index (χ0n) is 16.8. The summed E-state index contributed by atoms with van der Waals surface area (Å²) in [5, 5.41) is 2.92. The molecular weight excluding hydrogens is 360 g/mol. The molecule has 6 heteroatoms. The number of nitrogens with zero attached hydrogens (tertiary/aromatic N) is 1. The van der Waals surface area contributed by atoms with Gasteiger partial charge in [0.25, 0.3) is 0 Å². The van der Waals surface area contributed by atoms with Crippen molar-refractivity contribution in [1.29, 1.82) is 0 Å². The molecule has 2 aromatic rings. The zero-order valence-corrected chi connectivity index (χ0v) is 17.6. The lowest BCUT2D eigenvalue weighted by Crippen LogP contribution is -2.41. The second kappa shape index (κ2) is 8.13. The molecule has 1 atom stereocenters. The molecule has 0 saturated carbocycles. The smallest absolute Gasteiger partial charge is 0.241 e. The number of sulfonamides is 1. The molecule has 0 aromatic heterocycles. The van der Waals surface area contributed by atoms with Gasteiger partial charge in [0.1, 0.15) is 6.54 Å². The minimum atomic E-state index is -3.59. The van der Waals surface area contributed by atoms with Crippen molar-refractivity contribution in [2.24, 2.45) is 0 Å². The Bertz CT molecular complexity index is 952. The third kappa shape index (κ3) is 5.32. The van der Waals surface area contributed by atoms with Crippen LogP contribution in [-0.2, 0) is 14.8 Å². The first-order valence-corrected chi connectivity index (χ1v) is 10.8. The Morgan fingerprint density at radius 1 is 1.00 bits per heavy atom. The summed E-state index contributed by atoms with van der Waals surface area (Å²) in [6.07, 6.45) is 1.11. The Morgan fingerprint density at radius 2 is 1.63 bits per heavy atom. The maximum Gasteiger partial charge on any atom is 0.241 e. The Labute approximate surface area is 162 Å². The molecule has 0 heterocycles. The summed E-state index contributed by atoms with van der Waals surface area (Å²) in [6, 6.07) is 11.3. The van der Waals surface area contributed by atoms with Crippen LogP contribution in [0.3, 0.4) is 0 Å². The normalized spacial score (nSPS) is 12.5. The second-order valence-corrected chi connectivity index (χ2v) is 9.09. The number of nitrogens with one attached hydrogen (secondary N) is 1. The van der Waals surface area contributed by atoms with Gasteiger partial charge in [0.15, 0.2) is 0 Å². The van der Waals surface area contributed by atoms with Crippen molar-refractivity contribution in [3.05, 3.63) is 64.2 Å². The first kappa shape index (κ1) is 21.0. The molecule has 5 nitrogen and oxygen atoms in total. The van der Waals surface area contributed by atoms with Crippen molar-refractivity contribution < 1.29 is 13.2 Å². The van der Waals surface area contributed by atoms with Gasteiger partial charge in [-0.2, -0.15) is 0 Å². The van der Waals surface area contributed by atoms with E-state index in [1.165, 1.54) is 0 Å². The minimum absolute atomic E-state index is 0.210. The van der Waals surface area contributed by atoms with E-state index in [1.54, 1.807) is 12.1 Å². The van der Waals surface area contributed by atoms with Crippen LogP contribution in [0.5, 0.6) is 0 Å². The number of aryl methyl sites for hydroxylation is 4. The summed E-state index contributed by atoms with van der Waals surface area (Å²) in [5.41, 5.74) is 5.77. The van der Waals surface area contributed by atoms with Crippen molar-refractivity contribution in [3.63, 3.8) is 0 Å². The van der Waals surface area contributed by atoms with E-state index in [-0.39, 0.29) is 18.5 Å². The summed E-state index contributed by atoms with van der Waals surface area (Å²) >= 11 is 0. The monoisotopic (exact) mass is 388 g/mol. The molecule has 1 amide bonds. The van der Waals surface area contributed by atoms with Gasteiger partial charge in [-0.3, -0.25) is 9.10 Å². The van der Waals surface area contributed by atoms with Crippen LogP contribution in [0.1, 0.15) is 40.8 Å². The van der Waals surface area contributed by atoms with Crippen LogP contribution in [0, 0.1) is 27.7 Å². The van der Waals surface area contributed by atoms with Gasteiger partial charge < -0.3 is 5.32 Å². The minimum Gasteiger partial charge on any atom is -0.348 e. The summed E-state index contributed by atoms with van der Waals surface area (Å²) in [6.45, 7) is 9.53. The fourth-order valence-corrected chi connectivity index (χ4v) is 3.85. The molecule has 2 aromatic carbocycles. The molecule has 0 bridgehead atoms. The van der Waals surface area contributed by atoms with Crippen LogP contribution in [-0.4, -0.2) is 27.1 Å². The molecule has 0 fully saturated rings. The van der Waals surface area contributed by atoms with Crippen LogP contribution < -0.4 is 9.62 Å². The maximum absolute atomic E-state index is 12.6. The van der Waals surface area contributed by atoms with Gasteiger partial charge in [-0.1, -0.05) is 29.8 Å². The molecule has 0 aliphatic heterocycles. The fourth-order valence-electron chi connectivity index (χ4n) is 3.00. The van der Waals surface area contributed by atoms with Crippen LogP contribution in [0.4, 0.5) is 5.69 Å². The molecular formula is C21H28N2O3S. The van der Waals surface area contributed by atoms with Crippen LogP contribution >= 0.6 is 0 Å². The number of anilines is 1. The number of benzene rings is 2. The predicted molar refractivity (Wildman–Crippen MR) is 111 cm³/mol. The summed E-state index contributed by atoms with van der Waals surface area (Å²) in [4.78, 5) is 12.6. The average Bonchev–Trinajstić information content (AvgIpc) is 2.56. The average molecular weight is 389 g/mol. The predicted octanol–water partition coefficient (Wildman–Crippen LogP) is 3.56. The molecule has 2 rings (SSSR count). The van der Waals surface area contributed by atoms with Gasteiger partial charge in [0, 0.05) is 0 Å².